The van der Waals surface area contributed by atoms with Gasteiger partial charge in [-0.05, 0) is 101 Å². The van der Waals surface area contributed by atoms with Crippen LogP contribution in [0.2, 0.25) is 0 Å². The summed E-state index contributed by atoms with van der Waals surface area (Å²) < 4.78 is 9.17. The standard InChI is InChI=1S/C52H30OS/c1-2-14-33(15-3-1)48-38-18-8-10-20-40(38)49(41-21-11-9-19-39(41)48)45-29-35(30-47-50(45)43-26-23-32-13-5-7-17-37(32)52(43)54-47)34-24-27-46-44(28-34)42-25-22-31-12-4-6-16-36(31)51(42)53-46/h1-30H. The molecule has 0 radical (unpaired) electrons. The van der Waals surface area contributed by atoms with Crippen LogP contribution in [-0.2, 0) is 0 Å². The van der Waals surface area contributed by atoms with Crippen molar-refractivity contribution in [3.05, 3.63) is 182 Å². The molecular formula is C52H30OS. The molecule has 54 heavy (non-hydrogen) atoms. The molecule has 2 aromatic heterocycles. The monoisotopic (exact) mass is 702 g/mol. The van der Waals surface area contributed by atoms with Crippen molar-refractivity contribution < 1.29 is 4.42 Å². The topological polar surface area (TPSA) is 13.1 Å². The Kier molecular flexibility index (Phi) is 6.28. The zero-order valence-corrected chi connectivity index (χ0v) is 30.0. The Morgan fingerprint density at radius 1 is 0.352 bits per heavy atom. The lowest BCUT2D eigenvalue weighted by Gasteiger charge is -2.19. The van der Waals surface area contributed by atoms with E-state index in [1.807, 2.05) is 11.3 Å². The van der Waals surface area contributed by atoms with Crippen LogP contribution in [0.15, 0.2) is 186 Å². The first-order valence-electron chi connectivity index (χ1n) is 18.5. The first-order valence-corrected chi connectivity index (χ1v) is 19.3. The van der Waals surface area contributed by atoms with Crippen LogP contribution in [0.3, 0.4) is 0 Å². The molecule has 0 N–H and O–H groups in total. The van der Waals surface area contributed by atoms with Gasteiger partial charge in [0.15, 0.2) is 0 Å². The third-order valence-electron chi connectivity index (χ3n) is 11.4. The van der Waals surface area contributed by atoms with Gasteiger partial charge in [-0.3, -0.25) is 0 Å². The minimum Gasteiger partial charge on any atom is -0.455 e. The number of hydrogen-bond donors (Lipinski definition) is 0. The lowest BCUT2D eigenvalue weighted by molar-refractivity contribution is 0.672. The minimum atomic E-state index is 0.910. The highest BCUT2D eigenvalue weighted by atomic mass is 32.1. The largest absolute Gasteiger partial charge is 0.455 e. The molecular weight excluding hydrogens is 673 g/mol. The molecule has 0 aliphatic heterocycles. The molecule has 2 heteroatoms. The predicted molar refractivity (Wildman–Crippen MR) is 233 cm³/mol. The number of benzene rings is 10. The van der Waals surface area contributed by atoms with Crippen LogP contribution in [0.4, 0.5) is 0 Å². The second-order valence-corrected chi connectivity index (χ2v) is 15.4. The Balaban J connectivity index is 1.21. The number of furan rings is 1. The molecule has 10 aromatic carbocycles. The SMILES string of the molecule is c1ccc(-c2c3ccccc3c(-c3cc(-c4ccc5oc6c7ccccc7ccc6c5c4)cc4sc5c6ccccc6ccc5c34)c3ccccc23)cc1. The highest BCUT2D eigenvalue weighted by Gasteiger charge is 2.22. The Morgan fingerprint density at radius 3 is 1.67 bits per heavy atom. The van der Waals surface area contributed by atoms with Crippen molar-refractivity contribution >= 4 is 96.5 Å². The Hall–Kier alpha value is -6.74. The van der Waals surface area contributed by atoms with Gasteiger partial charge in [-0.25, -0.2) is 0 Å². The van der Waals surface area contributed by atoms with E-state index in [4.69, 9.17) is 4.42 Å². The Morgan fingerprint density at radius 2 is 0.944 bits per heavy atom. The molecule has 0 saturated heterocycles. The van der Waals surface area contributed by atoms with Crippen LogP contribution in [0, 0.1) is 0 Å². The lowest BCUT2D eigenvalue weighted by Crippen LogP contribution is -1.92. The zero-order valence-electron chi connectivity index (χ0n) is 29.1. The van der Waals surface area contributed by atoms with E-state index in [2.05, 4.69) is 182 Å². The van der Waals surface area contributed by atoms with Gasteiger partial charge < -0.3 is 4.42 Å². The second kappa shape index (κ2) is 11.4. The van der Waals surface area contributed by atoms with Crippen molar-refractivity contribution in [2.75, 3.05) is 0 Å². The highest BCUT2D eigenvalue weighted by Crippen LogP contribution is 2.50. The van der Waals surface area contributed by atoms with E-state index in [1.54, 1.807) is 0 Å². The number of rotatable bonds is 3. The summed E-state index contributed by atoms with van der Waals surface area (Å²) in [7, 11) is 0. The second-order valence-electron chi connectivity index (χ2n) is 14.3. The maximum absolute atomic E-state index is 6.55. The Labute approximate surface area is 314 Å². The fourth-order valence-corrected chi connectivity index (χ4v) is 10.3. The molecule has 2 heterocycles. The van der Waals surface area contributed by atoms with Crippen molar-refractivity contribution in [2.45, 2.75) is 0 Å². The number of thiophene rings is 1. The van der Waals surface area contributed by atoms with Gasteiger partial charge in [0.25, 0.3) is 0 Å². The van der Waals surface area contributed by atoms with E-state index in [9.17, 15) is 0 Å². The number of fused-ring (bicyclic) bond motifs is 12. The fourth-order valence-electron chi connectivity index (χ4n) is 9.02. The van der Waals surface area contributed by atoms with Gasteiger partial charge in [-0.15, -0.1) is 11.3 Å². The molecule has 12 aromatic rings. The summed E-state index contributed by atoms with van der Waals surface area (Å²) >= 11 is 1.91. The fraction of sp³-hybridized carbons (Fsp3) is 0. The molecule has 0 fully saturated rings. The van der Waals surface area contributed by atoms with Crippen LogP contribution in [0.1, 0.15) is 0 Å². The van der Waals surface area contributed by atoms with Gasteiger partial charge in [0.1, 0.15) is 11.2 Å². The summed E-state index contributed by atoms with van der Waals surface area (Å²) in [5, 5.41) is 14.9. The first kappa shape index (κ1) is 29.8. The van der Waals surface area contributed by atoms with E-state index in [0.29, 0.717) is 0 Å². The van der Waals surface area contributed by atoms with E-state index < -0.39 is 0 Å². The predicted octanol–water partition coefficient (Wildman–Crippen LogP) is 15.6. The van der Waals surface area contributed by atoms with Gasteiger partial charge >= 0.3 is 0 Å². The van der Waals surface area contributed by atoms with Crippen molar-refractivity contribution in [2.24, 2.45) is 0 Å². The molecule has 0 amide bonds. The van der Waals surface area contributed by atoms with Crippen LogP contribution in [0.25, 0.3) is 119 Å². The smallest absolute Gasteiger partial charge is 0.143 e. The maximum Gasteiger partial charge on any atom is 0.143 e. The van der Waals surface area contributed by atoms with Gasteiger partial charge in [-0.2, -0.15) is 0 Å². The molecule has 0 unspecified atom stereocenters. The lowest BCUT2D eigenvalue weighted by atomic mass is 9.84. The van der Waals surface area contributed by atoms with Crippen molar-refractivity contribution in [3.63, 3.8) is 0 Å². The van der Waals surface area contributed by atoms with Crippen molar-refractivity contribution in [1.82, 2.24) is 0 Å². The summed E-state index contributed by atoms with van der Waals surface area (Å²) in [6.07, 6.45) is 0. The zero-order chi connectivity index (χ0) is 35.3. The third kappa shape index (κ3) is 4.26. The molecule has 0 aliphatic rings. The summed E-state index contributed by atoms with van der Waals surface area (Å²) in [5.41, 5.74) is 9.29. The number of hydrogen-bond acceptors (Lipinski definition) is 2. The summed E-state index contributed by atoms with van der Waals surface area (Å²) in [5.74, 6) is 0. The third-order valence-corrected chi connectivity index (χ3v) is 12.6. The summed E-state index contributed by atoms with van der Waals surface area (Å²) in [6, 6.07) is 66.8. The molecule has 1 nitrogen and oxygen atoms in total. The van der Waals surface area contributed by atoms with Gasteiger partial charge in [0.2, 0.25) is 0 Å². The molecule has 0 spiro atoms. The molecule has 12 rings (SSSR count). The van der Waals surface area contributed by atoms with Crippen LogP contribution in [0.5, 0.6) is 0 Å². The molecule has 0 atom stereocenters. The normalized spacial score (nSPS) is 12.1. The quantitative estimate of drug-likeness (QED) is 0.167. The van der Waals surface area contributed by atoms with E-state index in [0.717, 1.165) is 27.3 Å². The van der Waals surface area contributed by atoms with Crippen LogP contribution in [-0.4, -0.2) is 0 Å². The summed E-state index contributed by atoms with van der Waals surface area (Å²) in [6.45, 7) is 0. The van der Waals surface area contributed by atoms with Gasteiger partial charge in [0, 0.05) is 36.3 Å². The molecule has 0 saturated carbocycles. The van der Waals surface area contributed by atoms with E-state index >= 15 is 0 Å². The van der Waals surface area contributed by atoms with Crippen LogP contribution >= 0.6 is 11.3 Å². The molecule has 0 bridgehead atoms. The molecule has 0 aliphatic carbocycles. The first-order chi connectivity index (χ1) is 26.8. The average molecular weight is 703 g/mol. The van der Waals surface area contributed by atoms with Gasteiger partial charge in [0.05, 0.1) is 0 Å². The van der Waals surface area contributed by atoms with Crippen molar-refractivity contribution in [3.8, 4) is 33.4 Å². The van der Waals surface area contributed by atoms with Gasteiger partial charge in [-0.1, -0.05) is 152 Å². The average Bonchev–Trinajstić information content (AvgIpc) is 3.81. The summed E-state index contributed by atoms with van der Waals surface area (Å²) in [4.78, 5) is 0. The molecule has 250 valence electrons. The minimum absolute atomic E-state index is 0.910. The van der Waals surface area contributed by atoms with E-state index in [1.165, 1.54) is 91.3 Å². The van der Waals surface area contributed by atoms with E-state index in [-0.39, 0.29) is 0 Å². The highest BCUT2D eigenvalue weighted by molar-refractivity contribution is 7.26. The van der Waals surface area contributed by atoms with Crippen molar-refractivity contribution in [1.29, 1.82) is 0 Å². The van der Waals surface area contributed by atoms with Crippen LogP contribution < -0.4 is 0 Å². The maximum atomic E-state index is 6.55. The Bertz CT molecular complexity index is 3440.